The number of hydrogen-bond acceptors (Lipinski definition) is 1. The van der Waals surface area contributed by atoms with Gasteiger partial charge in [0.2, 0.25) is 5.91 Å². The summed E-state index contributed by atoms with van der Waals surface area (Å²) in [6, 6.07) is 0. The topological polar surface area (TPSA) is 29.1 Å². The van der Waals surface area contributed by atoms with Gasteiger partial charge in [-0.3, -0.25) is 4.79 Å². The maximum atomic E-state index is 11.3. The summed E-state index contributed by atoms with van der Waals surface area (Å²) in [4.78, 5) is 11.3. The van der Waals surface area contributed by atoms with Crippen molar-refractivity contribution in [2.24, 2.45) is 0 Å². The average molecular weight is 244 g/mol. The Hall–Kier alpha value is -0.360. The summed E-state index contributed by atoms with van der Waals surface area (Å²) in [5.74, 6) is -0.00608. The van der Waals surface area contributed by atoms with E-state index in [1.807, 2.05) is 0 Å². The Labute approximate surface area is 101 Å². The predicted octanol–water partition coefficient (Wildman–Crippen LogP) is 3.15. The third kappa shape index (κ3) is 5.12. The molecule has 1 amide bonds. The highest BCUT2D eigenvalue weighted by Gasteiger charge is 2.29. The van der Waals surface area contributed by atoms with Crippen LogP contribution in [-0.4, -0.2) is 37.1 Å². The summed E-state index contributed by atoms with van der Waals surface area (Å²) < 4.78 is 0. The fourth-order valence-electron chi connectivity index (χ4n) is 1.91. The maximum absolute atomic E-state index is 11.3. The number of carbonyl (C=O) groups is 1. The van der Waals surface area contributed by atoms with Crippen LogP contribution >= 0.6 is 7.26 Å². The zero-order valence-electron chi connectivity index (χ0n) is 11.3. The zero-order chi connectivity index (χ0) is 12.6. The molecule has 0 radical (unpaired) electrons. The fourth-order valence-corrected chi connectivity index (χ4v) is 5.03. The number of nitrogens with one attached hydrogen (secondary N) is 1. The predicted molar refractivity (Wildman–Crippen MR) is 75.9 cm³/mol. The van der Waals surface area contributed by atoms with Crippen LogP contribution in [0.5, 0.6) is 0 Å². The summed E-state index contributed by atoms with van der Waals surface area (Å²) in [5.41, 5.74) is 0.600. The second-order valence-corrected chi connectivity index (χ2v) is 9.43. The van der Waals surface area contributed by atoms with Crippen LogP contribution in [0.4, 0.5) is 0 Å². The minimum absolute atomic E-state index is 0.00608. The smallest absolute Gasteiger partial charge is 0.246 e. The van der Waals surface area contributed by atoms with E-state index in [4.69, 9.17) is 0 Å². The van der Waals surface area contributed by atoms with Gasteiger partial charge in [-0.25, -0.2) is 0 Å². The lowest BCUT2D eigenvalue weighted by Gasteiger charge is -2.23. The van der Waals surface area contributed by atoms with Crippen LogP contribution in [0.3, 0.4) is 0 Å². The first-order chi connectivity index (χ1) is 7.51. The van der Waals surface area contributed by atoms with E-state index in [-0.39, 0.29) is 5.91 Å². The number of rotatable bonds is 8. The molecule has 0 saturated heterocycles. The summed E-state index contributed by atoms with van der Waals surface area (Å²) in [7, 11) is -0.696. The first-order valence-electron chi connectivity index (χ1n) is 6.30. The van der Waals surface area contributed by atoms with Gasteiger partial charge in [-0.2, -0.15) is 0 Å². The van der Waals surface area contributed by atoms with Crippen molar-refractivity contribution >= 4 is 13.2 Å². The van der Waals surface area contributed by atoms with E-state index in [0.717, 1.165) is 13.0 Å². The Morgan fingerprint density at radius 1 is 1.19 bits per heavy atom. The zero-order valence-corrected chi connectivity index (χ0v) is 12.2. The number of hydrogen-bond donors (Lipinski definition) is 1. The lowest BCUT2D eigenvalue weighted by atomic mass is 10.3. The molecule has 0 spiro atoms. The summed E-state index contributed by atoms with van der Waals surface area (Å²) in [6.07, 6.45) is 6.45. The van der Waals surface area contributed by atoms with Crippen molar-refractivity contribution in [1.29, 1.82) is 0 Å². The van der Waals surface area contributed by atoms with Crippen molar-refractivity contribution in [3.8, 4) is 0 Å². The highest BCUT2D eigenvalue weighted by atomic mass is 31.2. The molecule has 2 nitrogen and oxygen atoms in total. The average Bonchev–Trinajstić information content (AvgIpc) is 2.30. The molecular formula is C13H27NOP+. The Morgan fingerprint density at radius 2 is 1.69 bits per heavy atom. The van der Waals surface area contributed by atoms with Gasteiger partial charge in [-0.15, -0.1) is 0 Å². The lowest BCUT2D eigenvalue weighted by molar-refractivity contribution is -0.117. The fraction of sp³-hybridized carbons (Fsp3) is 0.769. The van der Waals surface area contributed by atoms with Gasteiger partial charge in [0, 0.05) is 19.4 Å². The van der Waals surface area contributed by atoms with Gasteiger partial charge in [0.1, 0.15) is 0 Å². The quantitative estimate of drug-likeness (QED) is 0.396. The first-order valence-corrected chi connectivity index (χ1v) is 8.83. The van der Waals surface area contributed by atoms with Crippen LogP contribution in [0.2, 0.25) is 0 Å². The van der Waals surface area contributed by atoms with Crippen molar-refractivity contribution in [1.82, 2.24) is 5.32 Å². The monoisotopic (exact) mass is 244 g/mol. The molecule has 1 N–H and O–H groups in total. The molecular weight excluding hydrogens is 217 g/mol. The summed E-state index contributed by atoms with van der Waals surface area (Å²) in [5, 5.41) is 2.91. The van der Waals surface area contributed by atoms with E-state index < -0.39 is 7.26 Å². The van der Waals surface area contributed by atoms with Crippen LogP contribution in [0.15, 0.2) is 12.2 Å². The van der Waals surface area contributed by atoms with Crippen LogP contribution in [0.1, 0.15) is 34.1 Å². The van der Waals surface area contributed by atoms with E-state index in [2.05, 4.69) is 32.7 Å². The van der Waals surface area contributed by atoms with Crippen LogP contribution in [0, 0.1) is 0 Å². The molecule has 0 aliphatic rings. The maximum Gasteiger partial charge on any atom is 0.246 e. The molecule has 0 fully saturated rings. The third-order valence-corrected chi connectivity index (χ3v) is 8.78. The molecule has 0 aliphatic heterocycles. The molecule has 0 bridgehead atoms. The second-order valence-electron chi connectivity index (χ2n) is 4.40. The van der Waals surface area contributed by atoms with E-state index >= 15 is 0 Å². The van der Waals surface area contributed by atoms with Gasteiger partial charge in [-0.1, -0.05) is 6.58 Å². The molecule has 0 aliphatic carbocycles. The van der Waals surface area contributed by atoms with Crippen LogP contribution in [0.25, 0.3) is 0 Å². The third-order valence-electron chi connectivity index (χ3n) is 3.49. The Kier molecular flexibility index (Phi) is 7.66. The van der Waals surface area contributed by atoms with Gasteiger partial charge in [0.05, 0.1) is 24.6 Å². The minimum atomic E-state index is -0.696. The molecule has 0 heterocycles. The Morgan fingerprint density at radius 3 is 2.06 bits per heavy atom. The highest BCUT2D eigenvalue weighted by Crippen LogP contribution is 2.57. The van der Waals surface area contributed by atoms with E-state index in [9.17, 15) is 4.79 Å². The van der Waals surface area contributed by atoms with Crippen molar-refractivity contribution in [3.05, 3.63) is 12.2 Å². The van der Waals surface area contributed by atoms with Crippen molar-refractivity contribution in [2.75, 3.05) is 31.2 Å². The molecule has 0 saturated carbocycles. The summed E-state index contributed by atoms with van der Waals surface area (Å²) >= 11 is 0. The van der Waals surface area contributed by atoms with Crippen molar-refractivity contribution in [3.63, 3.8) is 0 Å². The molecule has 0 rings (SSSR count). The van der Waals surface area contributed by atoms with Gasteiger partial charge in [-0.05, 0) is 34.1 Å². The van der Waals surface area contributed by atoms with E-state index in [0.29, 0.717) is 5.57 Å². The van der Waals surface area contributed by atoms with Gasteiger partial charge < -0.3 is 5.32 Å². The molecule has 0 atom stereocenters. The van der Waals surface area contributed by atoms with E-state index in [1.54, 1.807) is 6.92 Å². The molecule has 0 aromatic rings. The first kappa shape index (κ1) is 15.6. The van der Waals surface area contributed by atoms with Gasteiger partial charge >= 0.3 is 0 Å². The van der Waals surface area contributed by atoms with Crippen LogP contribution in [-0.2, 0) is 4.79 Å². The van der Waals surface area contributed by atoms with E-state index in [1.165, 1.54) is 24.6 Å². The standard InChI is InChI=1S/C13H26NOP/c1-6-16(7-2,8-3)11-9-10-14-13(15)12(4)5/h4,6-11H2,1-3,5H3/p+1. The largest absolute Gasteiger partial charge is 0.352 e. The van der Waals surface area contributed by atoms with Gasteiger partial charge in [0.25, 0.3) is 0 Å². The molecule has 0 aromatic carbocycles. The molecule has 16 heavy (non-hydrogen) atoms. The van der Waals surface area contributed by atoms with Crippen molar-refractivity contribution < 1.29 is 4.79 Å². The normalized spacial score (nSPS) is 11.2. The molecule has 94 valence electrons. The van der Waals surface area contributed by atoms with Gasteiger partial charge in [0.15, 0.2) is 0 Å². The Bertz CT molecular complexity index is 226. The highest BCUT2D eigenvalue weighted by molar-refractivity contribution is 7.75. The minimum Gasteiger partial charge on any atom is -0.352 e. The Balaban J connectivity index is 3.88. The summed E-state index contributed by atoms with van der Waals surface area (Å²) in [6.45, 7) is 13.1. The number of carbonyl (C=O) groups excluding carboxylic acids is 1. The molecule has 0 aromatic heterocycles. The SMILES string of the molecule is C=C(C)C(=O)NCCC[P+](CC)(CC)CC. The number of amides is 1. The van der Waals surface area contributed by atoms with Crippen molar-refractivity contribution in [2.45, 2.75) is 34.1 Å². The second kappa shape index (κ2) is 7.84. The lowest BCUT2D eigenvalue weighted by Crippen LogP contribution is -2.25. The van der Waals surface area contributed by atoms with Crippen LogP contribution < -0.4 is 5.32 Å². The molecule has 0 unspecified atom stereocenters. The molecule has 3 heteroatoms.